The maximum absolute atomic E-state index is 5.87. The minimum atomic E-state index is -1.25. The van der Waals surface area contributed by atoms with E-state index in [1.165, 1.54) is 0 Å². The first-order valence-electron chi connectivity index (χ1n) is 5.39. The minimum absolute atomic E-state index is 0.219. The fraction of sp³-hybridized carbons (Fsp3) is 1.00. The third kappa shape index (κ3) is 1.16. The van der Waals surface area contributed by atoms with E-state index < -0.39 is 32.6 Å². The van der Waals surface area contributed by atoms with Crippen LogP contribution < -0.4 is 0 Å². The number of ether oxygens (including phenoxy) is 3. The van der Waals surface area contributed by atoms with Crippen LogP contribution in [0, 0.1) is 0 Å². The first kappa shape index (κ1) is 10.1. The van der Waals surface area contributed by atoms with Gasteiger partial charge in [0.2, 0.25) is 6.29 Å². The van der Waals surface area contributed by atoms with Gasteiger partial charge in [0, 0.05) is 6.42 Å². The van der Waals surface area contributed by atoms with Crippen LogP contribution in [0.5, 0.6) is 0 Å². The van der Waals surface area contributed by atoms with Gasteiger partial charge in [0.15, 0.2) is 17.7 Å². The maximum atomic E-state index is 5.87. The number of rotatable bonds is 0. The molecule has 0 aromatic heterocycles. The van der Waals surface area contributed by atoms with Gasteiger partial charge in [-0.1, -0.05) is 0 Å². The van der Waals surface area contributed by atoms with Crippen molar-refractivity contribution >= 4 is 8.60 Å². The van der Waals surface area contributed by atoms with Crippen molar-refractivity contribution in [2.45, 2.75) is 50.3 Å². The Kier molecular flexibility index (Phi) is 1.87. The summed E-state index contributed by atoms with van der Waals surface area (Å²) in [6.45, 7) is 4.37. The van der Waals surface area contributed by atoms with Crippen LogP contribution in [0.1, 0.15) is 20.3 Å². The Hall–Kier alpha value is 0.190. The van der Waals surface area contributed by atoms with Gasteiger partial charge in [-0.3, -0.25) is 9.05 Å². The zero-order valence-corrected chi connectivity index (χ0v) is 9.94. The number of fused-ring (bicyclic) bond motifs is 2. The van der Waals surface area contributed by atoms with Gasteiger partial charge in [-0.25, -0.2) is 0 Å². The molecule has 5 atom stereocenters. The van der Waals surface area contributed by atoms with E-state index >= 15 is 0 Å². The summed E-state index contributed by atoms with van der Waals surface area (Å²) in [6.07, 6.45) is -0.303. The third-order valence-corrected chi connectivity index (χ3v) is 4.56. The van der Waals surface area contributed by atoms with Gasteiger partial charge in [0.1, 0.15) is 6.10 Å². The van der Waals surface area contributed by atoms with Crippen LogP contribution in [0.3, 0.4) is 0 Å². The molecule has 0 N–H and O–H groups in total. The molecule has 6 nitrogen and oxygen atoms in total. The van der Waals surface area contributed by atoms with Crippen molar-refractivity contribution in [1.82, 2.24) is 0 Å². The van der Waals surface area contributed by atoms with E-state index in [0.29, 0.717) is 6.61 Å². The Balaban J connectivity index is 1.69. The Morgan fingerprint density at radius 3 is 3.00 bits per heavy atom. The Labute approximate surface area is 94.1 Å². The molecule has 4 aliphatic heterocycles. The third-order valence-electron chi connectivity index (χ3n) is 3.31. The average molecular weight is 248 g/mol. The summed E-state index contributed by atoms with van der Waals surface area (Å²) in [5, 5.41) is 0. The zero-order chi connectivity index (χ0) is 11.0. The van der Waals surface area contributed by atoms with E-state index in [1.54, 1.807) is 0 Å². The second kappa shape index (κ2) is 2.95. The smallest absolute Gasteiger partial charge is 0.336 e. The van der Waals surface area contributed by atoms with E-state index in [2.05, 4.69) is 0 Å². The lowest BCUT2D eigenvalue weighted by Gasteiger charge is -2.32. The summed E-state index contributed by atoms with van der Waals surface area (Å²) >= 11 is 0. The summed E-state index contributed by atoms with van der Waals surface area (Å²) in [6, 6.07) is 0. The summed E-state index contributed by atoms with van der Waals surface area (Å²) in [5.41, 5.74) is -0.525. The molecule has 4 fully saturated rings. The van der Waals surface area contributed by atoms with Crippen molar-refractivity contribution in [2.24, 2.45) is 0 Å². The molecular weight excluding hydrogens is 235 g/mol. The molecule has 90 valence electrons. The van der Waals surface area contributed by atoms with Crippen molar-refractivity contribution in [3.8, 4) is 0 Å². The van der Waals surface area contributed by atoms with Crippen molar-refractivity contribution in [3.63, 3.8) is 0 Å². The Morgan fingerprint density at radius 1 is 1.25 bits per heavy atom. The van der Waals surface area contributed by atoms with Crippen molar-refractivity contribution < 1.29 is 27.8 Å². The Morgan fingerprint density at radius 2 is 2.12 bits per heavy atom. The van der Waals surface area contributed by atoms with E-state index in [0.717, 1.165) is 6.42 Å². The minimum Gasteiger partial charge on any atom is -0.339 e. The molecule has 5 unspecified atom stereocenters. The summed E-state index contributed by atoms with van der Waals surface area (Å²) in [4.78, 5) is 0. The highest BCUT2D eigenvalue weighted by Crippen LogP contribution is 2.64. The second-order valence-corrected chi connectivity index (χ2v) is 5.95. The fourth-order valence-electron chi connectivity index (χ4n) is 2.62. The standard InChI is InChI=1S/C9H13O6P/c1-8(2)12-5-6(13-8)11-7-9(5)3-4-10-16(14-7)15-9/h5-7H,3-4H2,1-2H3. The van der Waals surface area contributed by atoms with Crippen LogP contribution in [0.25, 0.3) is 0 Å². The maximum Gasteiger partial charge on any atom is 0.336 e. The molecule has 0 amide bonds. The molecule has 4 aliphatic rings. The predicted molar refractivity (Wildman–Crippen MR) is 51.1 cm³/mol. The average Bonchev–Trinajstić information content (AvgIpc) is 2.71. The molecule has 0 saturated carbocycles. The molecule has 2 bridgehead atoms. The first-order valence-corrected chi connectivity index (χ1v) is 6.49. The van der Waals surface area contributed by atoms with E-state index in [4.69, 9.17) is 27.8 Å². The summed E-state index contributed by atoms with van der Waals surface area (Å²) < 4.78 is 33.9. The Bertz CT molecular complexity index is 336. The second-order valence-electron chi connectivity index (χ2n) is 4.85. The number of hydrogen-bond donors (Lipinski definition) is 0. The van der Waals surface area contributed by atoms with Gasteiger partial charge in [-0.2, -0.15) is 0 Å². The number of hydrogen-bond acceptors (Lipinski definition) is 6. The van der Waals surface area contributed by atoms with Crippen molar-refractivity contribution in [3.05, 3.63) is 0 Å². The van der Waals surface area contributed by atoms with E-state index in [1.807, 2.05) is 13.8 Å². The van der Waals surface area contributed by atoms with Crippen LogP contribution in [-0.4, -0.2) is 36.7 Å². The van der Waals surface area contributed by atoms with Gasteiger partial charge in [0.25, 0.3) is 0 Å². The van der Waals surface area contributed by atoms with Crippen LogP contribution in [0.15, 0.2) is 0 Å². The zero-order valence-electron chi connectivity index (χ0n) is 9.04. The SMILES string of the molecule is CC1(C)OC2OC3OP4OCCC3(O4)C2O1. The highest BCUT2D eigenvalue weighted by Gasteiger charge is 2.71. The molecule has 0 aliphatic carbocycles. The van der Waals surface area contributed by atoms with Crippen LogP contribution in [0.4, 0.5) is 0 Å². The molecule has 4 rings (SSSR count). The van der Waals surface area contributed by atoms with E-state index in [-0.39, 0.29) is 6.10 Å². The predicted octanol–water partition coefficient (Wildman–Crippen LogP) is 1.25. The van der Waals surface area contributed by atoms with Gasteiger partial charge in [-0.15, -0.1) is 0 Å². The normalized spacial score (nSPS) is 57.4. The molecular formula is C9H13O6P. The molecule has 4 heterocycles. The molecule has 16 heavy (non-hydrogen) atoms. The topological polar surface area (TPSA) is 55.4 Å². The largest absolute Gasteiger partial charge is 0.339 e. The first-order chi connectivity index (χ1) is 7.59. The van der Waals surface area contributed by atoms with Crippen molar-refractivity contribution in [2.75, 3.05) is 6.61 Å². The van der Waals surface area contributed by atoms with Gasteiger partial charge < -0.3 is 18.7 Å². The lowest BCUT2D eigenvalue weighted by atomic mass is 9.94. The highest BCUT2D eigenvalue weighted by atomic mass is 31.2. The van der Waals surface area contributed by atoms with Crippen molar-refractivity contribution in [1.29, 1.82) is 0 Å². The van der Waals surface area contributed by atoms with Crippen LogP contribution in [-0.2, 0) is 27.8 Å². The summed E-state index contributed by atoms with van der Waals surface area (Å²) in [5.74, 6) is -0.623. The molecule has 7 heteroatoms. The molecule has 0 aromatic rings. The lowest BCUT2D eigenvalue weighted by molar-refractivity contribution is -0.243. The quantitative estimate of drug-likeness (QED) is 0.601. The highest BCUT2D eigenvalue weighted by molar-refractivity contribution is 7.42. The van der Waals surface area contributed by atoms with E-state index in [9.17, 15) is 0 Å². The lowest BCUT2D eigenvalue weighted by Crippen LogP contribution is -2.48. The molecule has 0 aromatic carbocycles. The van der Waals surface area contributed by atoms with Gasteiger partial charge in [0.05, 0.1) is 6.61 Å². The monoisotopic (exact) mass is 248 g/mol. The van der Waals surface area contributed by atoms with Crippen LogP contribution >= 0.6 is 8.60 Å². The molecule has 0 radical (unpaired) electrons. The molecule has 1 spiro atoms. The molecule has 4 saturated heterocycles. The van der Waals surface area contributed by atoms with Gasteiger partial charge >= 0.3 is 8.60 Å². The summed E-state index contributed by atoms with van der Waals surface area (Å²) in [7, 11) is -1.25. The van der Waals surface area contributed by atoms with Crippen LogP contribution in [0.2, 0.25) is 0 Å². The van der Waals surface area contributed by atoms with Gasteiger partial charge in [-0.05, 0) is 13.8 Å². The fourth-order valence-corrected chi connectivity index (χ4v) is 3.96.